The summed E-state index contributed by atoms with van der Waals surface area (Å²) >= 11 is 5.78. The summed E-state index contributed by atoms with van der Waals surface area (Å²) < 4.78 is 0. The molecule has 0 aliphatic heterocycles. The Morgan fingerprint density at radius 1 is 1.45 bits per heavy atom. The van der Waals surface area contributed by atoms with Gasteiger partial charge in [0, 0.05) is 12.6 Å². The van der Waals surface area contributed by atoms with Gasteiger partial charge in [0.05, 0.1) is 11.3 Å². The highest BCUT2D eigenvalue weighted by molar-refractivity contribution is 6.28. The van der Waals surface area contributed by atoms with Crippen molar-refractivity contribution in [2.45, 2.75) is 44.6 Å². The second-order valence-corrected chi connectivity index (χ2v) is 5.57. The van der Waals surface area contributed by atoms with Gasteiger partial charge < -0.3 is 10.0 Å². The number of rotatable bonds is 6. The first kappa shape index (κ1) is 16.4. The van der Waals surface area contributed by atoms with Crippen LogP contribution >= 0.6 is 11.6 Å². The molecule has 2 rings (SSSR count). The lowest BCUT2D eigenvalue weighted by atomic mass is 9.94. The zero-order chi connectivity index (χ0) is 16.1. The Bertz CT molecular complexity index is 563. The monoisotopic (exact) mass is 328 g/mol. The van der Waals surface area contributed by atoms with Crippen molar-refractivity contribution >= 4 is 29.1 Å². The normalized spacial score (nSPS) is 15.5. The molecule has 1 aliphatic carbocycles. The SMILES string of the molecule is O=C(O)CCN(c1nc(Cl)ncc1[N+](=O)[O-])C1CCCCC1. The van der Waals surface area contributed by atoms with Crippen LogP contribution in [0.5, 0.6) is 0 Å². The zero-order valence-corrected chi connectivity index (χ0v) is 12.7. The molecule has 0 amide bonds. The molecule has 1 aromatic heterocycles. The lowest BCUT2D eigenvalue weighted by Crippen LogP contribution is -2.39. The summed E-state index contributed by atoms with van der Waals surface area (Å²) in [5.41, 5.74) is -0.250. The molecule has 0 spiro atoms. The van der Waals surface area contributed by atoms with Crippen LogP contribution < -0.4 is 4.90 Å². The topological polar surface area (TPSA) is 109 Å². The number of hydrogen-bond acceptors (Lipinski definition) is 6. The molecule has 22 heavy (non-hydrogen) atoms. The number of anilines is 1. The minimum absolute atomic E-state index is 0.0396. The third kappa shape index (κ3) is 4.03. The van der Waals surface area contributed by atoms with Crippen LogP contribution in [0, 0.1) is 10.1 Å². The van der Waals surface area contributed by atoms with Gasteiger partial charge in [-0.05, 0) is 24.4 Å². The van der Waals surface area contributed by atoms with Gasteiger partial charge >= 0.3 is 11.7 Å². The Kier molecular flexibility index (Phi) is 5.48. The van der Waals surface area contributed by atoms with Crippen LogP contribution in [-0.2, 0) is 4.79 Å². The number of nitro groups is 1. The molecule has 0 radical (unpaired) electrons. The van der Waals surface area contributed by atoms with Crippen molar-refractivity contribution < 1.29 is 14.8 Å². The van der Waals surface area contributed by atoms with Crippen molar-refractivity contribution in [1.29, 1.82) is 0 Å². The molecule has 8 nitrogen and oxygen atoms in total. The maximum Gasteiger partial charge on any atom is 0.329 e. The molecule has 1 aromatic rings. The average Bonchev–Trinajstić information content (AvgIpc) is 2.48. The third-order valence-electron chi connectivity index (χ3n) is 3.77. The fraction of sp³-hybridized carbons (Fsp3) is 0.615. The van der Waals surface area contributed by atoms with Gasteiger partial charge in [0.2, 0.25) is 11.1 Å². The third-order valence-corrected chi connectivity index (χ3v) is 3.95. The number of carboxylic acids is 1. The average molecular weight is 329 g/mol. The van der Waals surface area contributed by atoms with Gasteiger partial charge in [-0.2, -0.15) is 4.98 Å². The summed E-state index contributed by atoms with van der Waals surface area (Å²) in [6.45, 7) is 0.161. The minimum atomic E-state index is -0.955. The van der Waals surface area contributed by atoms with Crippen molar-refractivity contribution in [2.24, 2.45) is 0 Å². The summed E-state index contributed by atoms with van der Waals surface area (Å²) in [5, 5.41) is 20.0. The molecule has 1 aliphatic rings. The molecule has 1 fully saturated rings. The number of carboxylic acid groups (broad SMARTS) is 1. The molecule has 1 saturated carbocycles. The molecule has 9 heteroatoms. The molecule has 0 saturated heterocycles. The van der Waals surface area contributed by atoms with E-state index in [4.69, 9.17) is 16.7 Å². The van der Waals surface area contributed by atoms with Gasteiger partial charge in [-0.15, -0.1) is 0 Å². The van der Waals surface area contributed by atoms with E-state index in [0.717, 1.165) is 38.3 Å². The van der Waals surface area contributed by atoms with E-state index in [1.165, 1.54) is 0 Å². The summed E-state index contributed by atoms with van der Waals surface area (Å²) in [4.78, 5) is 30.9. The Morgan fingerprint density at radius 3 is 2.73 bits per heavy atom. The molecule has 0 unspecified atom stereocenters. The molecule has 0 atom stereocenters. The second kappa shape index (κ2) is 7.35. The van der Waals surface area contributed by atoms with E-state index in [0.29, 0.717) is 0 Å². The number of aromatic nitrogens is 2. The number of halogens is 1. The Hall–Kier alpha value is -1.96. The molecule has 120 valence electrons. The molecule has 1 N–H and O–H groups in total. The number of nitrogens with zero attached hydrogens (tertiary/aromatic N) is 4. The molecular weight excluding hydrogens is 312 g/mol. The van der Waals surface area contributed by atoms with Crippen molar-refractivity contribution in [3.8, 4) is 0 Å². The highest BCUT2D eigenvalue weighted by atomic mass is 35.5. The van der Waals surface area contributed by atoms with E-state index in [1.54, 1.807) is 4.90 Å². The summed E-state index contributed by atoms with van der Waals surface area (Å²) in [7, 11) is 0. The van der Waals surface area contributed by atoms with Crippen LogP contribution in [0.1, 0.15) is 38.5 Å². The van der Waals surface area contributed by atoms with Gasteiger partial charge in [0.15, 0.2) is 0 Å². The lowest BCUT2D eigenvalue weighted by molar-refractivity contribution is -0.384. The first-order valence-electron chi connectivity index (χ1n) is 7.14. The van der Waals surface area contributed by atoms with Crippen molar-refractivity contribution in [3.63, 3.8) is 0 Å². The fourth-order valence-electron chi connectivity index (χ4n) is 2.76. The molecular formula is C13H17ClN4O4. The highest BCUT2D eigenvalue weighted by Crippen LogP contribution is 2.32. The minimum Gasteiger partial charge on any atom is -0.481 e. The fourth-order valence-corrected chi connectivity index (χ4v) is 2.88. The van der Waals surface area contributed by atoms with E-state index in [-0.39, 0.29) is 35.8 Å². The van der Waals surface area contributed by atoms with E-state index in [1.807, 2.05) is 0 Å². The second-order valence-electron chi connectivity index (χ2n) is 5.23. The van der Waals surface area contributed by atoms with E-state index < -0.39 is 10.9 Å². The van der Waals surface area contributed by atoms with Crippen LogP contribution in [0.4, 0.5) is 11.5 Å². The van der Waals surface area contributed by atoms with Crippen molar-refractivity contribution in [2.75, 3.05) is 11.4 Å². The summed E-state index contributed by atoms with van der Waals surface area (Å²) in [5.74, 6) is -0.846. The Labute approximate surface area is 132 Å². The van der Waals surface area contributed by atoms with Gasteiger partial charge in [-0.3, -0.25) is 14.9 Å². The van der Waals surface area contributed by atoms with Gasteiger partial charge in [0.1, 0.15) is 6.20 Å². The van der Waals surface area contributed by atoms with Crippen LogP contribution in [0.3, 0.4) is 0 Å². The molecule has 0 bridgehead atoms. The van der Waals surface area contributed by atoms with Gasteiger partial charge in [-0.1, -0.05) is 19.3 Å². The smallest absolute Gasteiger partial charge is 0.329 e. The largest absolute Gasteiger partial charge is 0.481 e. The lowest BCUT2D eigenvalue weighted by Gasteiger charge is -2.34. The number of aliphatic carboxylic acids is 1. The summed E-state index contributed by atoms with van der Waals surface area (Å²) in [6.07, 6.45) is 5.82. The van der Waals surface area contributed by atoms with Gasteiger partial charge in [0.25, 0.3) is 0 Å². The standard InChI is InChI=1S/C13H17ClN4O4/c14-13-15-8-10(18(21)22)12(16-13)17(7-6-11(19)20)9-4-2-1-3-5-9/h8-9H,1-7H2,(H,19,20). The van der Waals surface area contributed by atoms with Crippen LogP contribution in [0.2, 0.25) is 5.28 Å². The van der Waals surface area contributed by atoms with Gasteiger partial charge in [-0.25, -0.2) is 4.98 Å². The number of hydrogen-bond donors (Lipinski definition) is 1. The quantitative estimate of drug-likeness (QED) is 0.485. The predicted octanol–water partition coefficient (Wildman–Crippen LogP) is 2.65. The predicted molar refractivity (Wildman–Crippen MR) is 80.2 cm³/mol. The first-order valence-corrected chi connectivity index (χ1v) is 7.52. The van der Waals surface area contributed by atoms with Crippen molar-refractivity contribution in [3.05, 3.63) is 21.6 Å². The Morgan fingerprint density at radius 2 is 2.14 bits per heavy atom. The Balaban J connectivity index is 2.36. The van der Waals surface area contributed by atoms with Crippen LogP contribution in [0.15, 0.2) is 6.20 Å². The number of carbonyl (C=O) groups is 1. The van der Waals surface area contributed by atoms with E-state index >= 15 is 0 Å². The molecule has 1 heterocycles. The molecule has 0 aromatic carbocycles. The maximum atomic E-state index is 11.2. The van der Waals surface area contributed by atoms with Crippen LogP contribution in [0.25, 0.3) is 0 Å². The highest BCUT2D eigenvalue weighted by Gasteiger charge is 2.29. The van der Waals surface area contributed by atoms with E-state index in [2.05, 4.69) is 9.97 Å². The van der Waals surface area contributed by atoms with Crippen molar-refractivity contribution in [1.82, 2.24) is 9.97 Å². The van der Waals surface area contributed by atoms with Crippen LogP contribution in [-0.4, -0.2) is 38.6 Å². The summed E-state index contributed by atoms with van der Waals surface area (Å²) in [6, 6.07) is 0.0396. The van der Waals surface area contributed by atoms with E-state index in [9.17, 15) is 14.9 Å². The maximum absolute atomic E-state index is 11.2. The first-order chi connectivity index (χ1) is 10.5. The zero-order valence-electron chi connectivity index (χ0n) is 11.9.